The summed E-state index contributed by atoms with van der Waals surface area (Å²) in [6.45, 7) is 2.13. The average Bonchev–Trinajstić information content (AvgIpc) is 2.94. The van der Waals surface area contributed by atoms with Crippen LogP contribution in [0.5, 0.6) is 0 Å². The first-order chi connectivity index (χ1) is 8.19. The van der Waals surface area contributed by atoms with E-state index >= 15 is 0 Å². The number of rotatable bonds is 5. The number of aryl methyl sites for hydroxylation is 1. The summed E-state index contributed by atoms with van der Waals surface area (Å²) >= 11 is 4.51. The van der Waals surface area contributed by atoms with E-state index in [-0.39, 0.29) is 5.75 Å². The largest absolute Gasteiger partial charge is 0.481 e. The Kier molecular flexibility index (Phi) is 4.20. The van der Waals surface area contributed by atoms with Gasteiger partial charge in [-0.1, -0.05) is 18.7 Å². The number of hydrogen-bond acceptors (Lipinski definition) is 5. The zero-order chi connectivity index (χ0) is 12.3. The molecule has 2 heterocycles. The van der Waals surface area contributed by atoms with Gasteiger partial charge in [0.1, 0.15) is 0 Å². The molecule has 0 unspecified atom stereocenters. The second kappa shape index (κ2) is 5.66. The lowest BCUT2D eigenvalue weighted by Crippen LogP contribution is -1.96. The molecule has 0 aliphatic carbocycles. The van der Waals surface area contributed by atoms with Crippen LogP contribution in [0.25, 0.3) is 10.6 Å². The predicted molar refractivity (Wildman–Crippen MR) is 73.2 cm³/mol. The van der Waals surface area contributed by atoms with Gasteiger partial charge in [0.2, 0.25) is 0 Å². The fraction of sp³-hybridized carbons (Fsp3) is 0.273. The van der Waals surface area contributed by atoms with Crippen molar-refractivity contribution in [1.82, 2.24) is 4.98 Å². The van der Waals surface area contributed by atoms with Gasteiger partial charge in [-0.15, -0.1) is 22.7 Å². The van der Waals surface area contributed by atoms with Crippen molar-refractivity contribution in [2.75, 3.05) is 5.75 Å². The van der Waals surface area contributed by atoms with Crippen LogP contribution in [0, 0.1) is 0 Å². The SMILES string of the molecule is CCc1ccc(-c2csc(SCC(=O)O)n2)s1. The van der Waals surface area contributed by atoms with Crippen molar-refractivity contribution in [2.45, 2.75) is 17.7 Å². The molecule has 0 saturated carbocycles. The maximum Gasteiger partial charge on any atom is 0.313 e. The van der Waals surface area contributed by atoms with Crippen molar-refractivity contribution in [2.24, 2.45) is 0 Å². The zero-order valence-electron chi connectivity index (χ0n) is 9.17. The van der Waals surface area contributed by atoms with Gasteiger partial charge in [-0.3, -0.25) is 4.79 Å². The van der Waals surface area contributed by atoms with E-state index in [9.17, 15) is 4.79 Å². The van der Waals surface area contributed by atoms with Gasteiger partial charge in [0.15, 0.2) is 4.34 Å². The smallest absolute Gasteiger partial charge is 0.313 e. The van der Waals surface area contributed by atoms with Crippen molar-refractivity contribution in [3.63, 3.8) is 0 Å². The summed E-state index contributed by atoms with van der Waals surface area (Å²) in [6, 6.07) is 4.19. The second-order valence-electron chi connectivity index (χ2n) is 3.30. The third kappa shape index (κ3) is 3.31. The van der Waals surface area contributed by atoms with Crippen molar-refractivity contribution < 1.29 is 9.90 Å². The molecule has 0 aliphatic heterocycles. The maximum atomic E-state index is 10.4. The van der Waals surface area contributed by atoms with Crippen LogP contribution in [0.1, 0.15) is 11.8 Å². The lowest BCUT2D eigenvalue weighted by molar-refractivity contribution is -0.133. The molecule has 0 radical (unpaired) electrons. The van der Waals surface area contributed by atoms with Crippen LogP contribution < -0.4 is 0 Å². The molecule has 0 aromatic carbocycles. The molecule has 0 fully saturated rings. The van der Waals surface area contributed by atoms with E-state index in [0.717, 1.165) is 21.3 Å². The van der Waals surface area contributed by atoms with Crippen LogP contribution in [0.3, 0.4) is 0 Å². The first kappa shape index (κ1) is 12.6. The first-order valence-electron chi connectivity index (χ1n) is 5.08. The summed E-state index contributed by atoms with van der Waals surface area (Å²) in [5.74, 6) is -0.742. The van der Waals surface area contributed by atoms with Gasteiger partial charge in [-0.05, 0) is 18.6 Å². The fourth-order valence-electron chi connectivity index (χ4n) is 1.27. The number of carboxylic acid groups (broad SMARTS) is 1. The van der Waals surface area contributed by atoms with Crippen LogP contribution in [-0.2, 0) is 11.2 Å². The highest BCUT2D eigenvalue weighted by Crippen LogP contribution is 2.32. The zero-order valence-corrected chi connectivity index (χ0v) is 11.6. The van der Waals surface area contributed by atoms with Gasteiger partial charge in [-0.2, -0.15) is 0 Å². The summed E-state index contributed by atoms with van der Waals surface area (Å²) in [7, 11) is 0. The molecule has 6 heteroatoms. The molecule has 3 nitrogen and oxygen atoms in total. The van der Waals surface area contributed by atoms with Gasteiger partial charge in [0, 0.05) is 10.3 Å². The van der Waals surface area contributed by atoms with Gasteiger partial charge < -0.3 is 5.11 Å². The second-order valence-corrected chi connectivity index (χ2v) is 6.55. The molecule has 0 amide bonds. The van der Waals surface area contributed by atoms with Crippen LogP contribution in [-0.4, -0.2) is 21.8 Å². The normalized spacial score (nSPS) is 10.6. The number of thioether (sulfide) groups is 1. The Labute approximate surface area is 112 Å². The Hall–Kier alpha value is -0.850. The highest BCUT2D eigenvalue weighted by molar-refractivity contribution is 8.01. The number of nitrogens with zero attached hydrogens (tertiary/aromatic N) is 1. The van der Waals surface area contributed by atoms with Gasteiger partial charge in [0.25, 0.3) is 0 Å². The highest BCUT2D eigenvalue weighted by atomic mass is 32.2. The van der Waals surface area contributed by atoms with E-state index in [1.165, 1.54) is 28.0 Å². The van der Waals surface area contributed by atoms with E-state index < -0.39 is 5.97 Å². The minimum atomic E-state index is -0.809. The molecule has 0 bridgehead atoms. The van der Waals surface area contributed by atoms with Crippen molar-refractivity contribution >= 4 is 40.4 Å². The van der Waals surface area contributed by atoms with Gasteiger partial charge in [0.05, 0.1) is 16.3 Å². The Balaban J connectivity index is 2.09. The summed E-state index contributed by atoms with van der Waals surface area (Å²) in [4.78, 5) is 17.4. The van der Waals surface area contributed by atoms with E-state index in [1.54, 1.807) is 11.3 Å². The van der Waals surface area contributed by atoms with Crippen molar-refractivity contribution in [1.29, 1.82) is 0 Å². The number of thiazole rings is 1. The van der Waals surface area contributed by atoms with E-state index in [4.69, 9.17) is 5.11 Å². The molecule has 1 N–H and O–H groups in total. The average molecular weight is 285 g/mol. The minimum Gasteiger partial charge on any atom is -0.481 e. The van der Waals surface area contributed by atoms with Gasteiger partial charge in [-0.25, -0.2) is 4.98 Å². The molecule has 0 saturated heterocycles. The monoisotopic (exact) mass is 285 g/mol. The van der Waals surface area contributed by atoms with Crippen molar-refractivity contribution in [3.05, 3.63) is 22.4 Å². The molecular formula is C11H11NO2S3. The van der Waals surface area contributed by atoms with Crippen LogP contribution >= 0.6 is 34.4 Å². The van der Waals surface area contributed by atoms with E-state index in [1.807, 2.05) is 5.38 Å². The molecule has 0 aliphatic rings. The highest BCUT2D eigenvalue weighted by Gasteiger charge is 2.08. The molecule has 2 rings (SSSR count). The molecule has 0 atom stereocenters. The number of hydrogen-bond donors (Lipinski definition) is 1. The Bertz CT molecular complexity index is 518. The van der Waals surface area contributed by atoms with E-state index in [0.29, 0.717) is 0 Å². The first-order valence-corrected chi connectivity index (χ1v) is 7.76. The summed E-state index contributed by atoms with van der Waals surface area (Å²) < 4.78 is 0.814. The summed E-state index contributed by atoms with van der Waals surface area (Å²) in [5.41, 5.74) is 0.951. The number of carbonyl (C=O) groups is 1. The lowest BCUT2D eigenvalue weighted by atomic mass is 10.3. The fourth-order valence-corrected chi connectivity index (χ4v) is 3.79. The summed E-state index contributed by atoms with van der Waals surface area (Å²) in [5, 5.41) is 10.6. The van der Waals surface area contributed by atoms with Crippen LogP contribution in [0.15, 0.2) is 21.9 Å². The third-order valence-electron chi connectivity index (χ3n) is 2.06. The molecule has 0 spiro atoms. The third-order valence-corrected chi connectivity index (χ3v) is 5.32. The van der Waals surface area contributed by atoms with Crippen LogP contribution in [0.4, 0.5) is 0 Å². The molecule has 2 aromatic heterocycles. The topological polar surface area (TPSA) is 50.2 Å². The Morgan fingerprint density at radius 2 is 2.35 bits per heavy atom. The number of thiophene rings is 1. The molecule has 2 aromatic rings. The Morgan fingerprint density at radius 3 is 3.00 bits per heavy atom. The summed E-state index contributed by atoms with van der Waals surface area (Å²) in [6.07, 6.45) is 1.04. The van der Waals surface area contributed by atoms with Crippen LogP contribution in [0.2, 0.25) is 0 Å². The molecular weight excluding hydrogens is 274 g/mol. The van der Waals surface area contributed by atoms with Gasteiger partial charge >= 0.3 is 5.97 Å². The lowest BCUT2D eigenvalue weighted by Gasteiger charge is -1.91. The molecule has 90 valence electrons. The standard InChI is InChI=1S/C11H11NO2S3/c1-2-7-3-4-9(17-7)8-5-15-11(12-8)16-6-10(13)14/h3-5H,2,6H2,1H3,(H,13,14). The molecule has 17 heavy (non-hydrogen) atoms. The quantitative estimate of drug-likeness (QED) is 0.853. The maximum absolute atomic E-state index is 10.4. The van der Waals surface area contributed by atoms with E-state index in [2.05, 4.69) is 24.0 Å². The predicted octanol–water partition coefficient (Wildman–Crippen LogP) is 3.61. The number of carboxylic acids is 1. The minimum absolute atomic E-state index is 0.0671. The number of aromatic nitrogens is 1. The number of aliphatic carboxylic acids is 1. The van der Waals surface area contributed by atoms with Crippen molar-refractivity contribution in [3.8, 4) is 10.6 Å². The Morgan fingerprint density at radius 1 is 1.53 bits per heavy atom.